The molecule has 0 heterocycles. The molecule has 0 unspecified atom stereocenters. The molecule has 86 valence electrons. The summed E-state index contributed by atoms with van der Waals surface area (Å²) < 4.78 is 2.02. The van der Waals surface area contributed by atoms with Gasteiger partial charge in [0.25, 0.3) is 0 Å². The highest BCUT2D eigenvalue weighted by Gasteiger charge is 2.15. The van der Waals surface area contributed by atoms with Crippen molar-refractivity contribution in [1.29, 1.82) is 0 Å². The van der Waals surface area contributed by atoms with Crippen LogP contribution in [0.4, 0.5) is 0 Å². The summed E-state index contributed by atoms with van der Waals surface area (Å²) in [4.78, 5) is 21.1. The van der Waals surface area contributed by atoms with Crippen LogP contribution in [0.15, 0.2) is 22.7 Å². The molecule has 1 rings (SSSR count). The molecule has 1 aliphatic carbocycles. The molecule has 2 N–H and O–H groups in total. The SMILES string of the molecule is CCO.ClNCl.O=C1C=CC=C(Br)C1=O. The van der Waals surface area contributed by atoms with Crippen molar-refractivity contribution in [2.75, 3.05) is 6.61 Å². The monoisotopic (exact) mass is 317 g/mol. The number of aliphatic hydroxyl groups is 1. The van der Waals surface area contributed by atoms with E-state index in [1.807, 2.05) is 0 Å². The summed E-state index contributed by atoms with van der Waals surface area (Å²) in [6, 6.07) is 0. The van der Waals surface area contributed by atoms with Crippen LogP contribution in [0.2, 0.25) is 0 Å². The van der Waals surface area contributed by atoms with E-state index in [-0.39, 0.29) is 6.61 Å². The van der Waals surface area contributed by atoms with Crippen LogP contribution in [0.3, 0.4) is 0 Å². The van der Waals surface area contributed by atoms with Crippen LogP contribution in [0, 0.1) is 0 Å². The van der Waals surface area contributed by atoms with E-state index in [2.05, 4.69) is 39.5 Å². The Hall–Kier alpha value is -0.200. The first-order valence-electron chi connectivity index (χ1n) is 3.74. The first-order chi connectivity index (χ1) is 7.04. The lowest BCUT2D eigenvalue weighted by Gasteiger charge is -1.95. The maximum Gasteiger partial charge on any atom is 0.239 e. The van der Waals surface area contributed by atoms with Crippen LogP contribution in [0.25, 0.3) is 0 Å². The molecule has 7 heteroatoms. The smallest absolute Gasteiger partial charge is 0.239 e. The summed E-state index contributed by atoms with van der Waals surface area (Å²) in [5, 5.41) is 7.57. The molecule has 0 saturated heterocycles. The molecule has 0 aromatic carbocycles. The molecule has 15 heavy (non-hydrogen) atoms. The number of Topliss-reactive ketones (excluding diaryl/α,β-unsaturated/α-hetero) is 1. The Kier molecular flexibility index (Phi) is 13.6. The molecule has 4 nitrogen and oxygen atoms in total. The summed E-state index contributed by atoms with van der Waals surface area (Å²) in [7, 11) is 0. The van der Waals surface area contributed by atoms with E-state index in [0.717, 1.165) is 0 Å². The zero-order valence-corrected chi connectivity index (χ0v) is 10.9. The second-order valence-corrected chi connectivity index (χ2v) is 3.38. The van der Waals surface area contributed by atoms with Crippen molar-refractivity contribution < 1.29 is 14.7 Å². The van der Waals surface area contributed by atoms with Crippen molar-refractivity contribution in [2.45, 2.75) is 6.92 Å². The Bertz CT molecular complexity index is 265. The lowest BCUT2D eigenvalue weighted by atomic mass is 10.1. The highest BCUT2D eigenvalue weighted by atomic mass is 79.9. The number of ketones is 2. The predicted molar refractivity (Wildman–Crippen MR) is 63.8 cm³/mol. The fourth-order valence-electron chi connectivity index (χ4n) is 0.489. The number of hydrogen-bond donors (Lipinski definition) is 2. The lowest BCUT2D eigenvalue weighted by molar-refractivity contribution is -0.131. The Morgan fingerprint density at radius 3 is 2.13 bits per heavy atom. The average Bonchev–Trinajstić information content (AvgIpc) is 2.17. The predicted octanol–water partition coefficient (Wildman–Crippen LogP) is 1.86. The van der Waals surface area contributed by atoms with E-state index in [4.69, 9.17) is 5.11 Å². The molecule has 1 aliphatic rings. The number of hydrogen-bond acceptors (Lipinski definition) is 4. The zero-order valence-electron chi connectivity index (χ0n) is 7.84. The second-order valence-electron chi connectivity index (χ2n) is 1.95. The van der Waals surface area contributed by atoms with Gasteiger partial charge in [0, 0.05) is 6.61 Å². The van der Waals surface area contributed by atoms with Crippen LogP contribution in [-0.2, 0) is 9.59 Å². The molecule has 0 aromatic rings. The van der Waals surface area contributed by atoms with Crippen LogP contribution >= 0.6 is 39.5 Å². The van der Waals surface area contributed by atoms with Crippen molar-refractivity contribution in [2.24, 2.45) is 0 Å². The van der Waals surface area contributed by atoms with E-state index < -0.39 is 11.6 Å². The van der Waals surface area contributed by atoms with E-state index in [9.17, 15) is 9.59 Å². The number of allylic oxidation sites excluding steroid dienone is 4. The summed E-state index contributed by atoms with van der Waals surface area (Å²) >= 11 is 12.0. The van der Waals surface area contributed by atoms with Gasteiger partial charge >= 0.3 is 0 Å². The minimum Gasteiger partial charge on any atom is -0.397 e. The average molecular weight is 319 g/mol. The summed E-state index contributed by atoms with van der Waals surface area (Å²) in [5.74, 6) is -0.943. The zero-order chi connectivity index (χ0) is 12.3. The summed E-state index contributed by atoms with van der Waals surface area (Å²) in [5.41, 5.74) is 0. The minimum atomic E-state index is -0.475. The van der Waals surface area contributed by atoms with E-state index in [1.165, 1.54) is 12.2 Å². The minimum absolute atomic E-state index is 0.250. The quantitative estimate of drug-likeness (QED) is 0.406. The Morgan fingerprint density at radius 1 is 1.47 bits per heavy atom. The van der Waals surface area contributed by atoms with Gasteiger partial charge in [-0.05, 0) is 58.6 Å². The van der Waals surface area contributed by atoms with E-state index >= 15 is 0 Å². The molecular formula is C8H10BrCl2NO3. The topological polar surface area (TPSA) is 66.4 Å². The largest absolute Gasteiger partial charge is 0.397 e. The van der Waals surface area contributed by atoms with Crippen molar-refractivity contribution >= 4 is 51.0 Å². The molecule has 0 bridgehead atoms. The Labute approximate surface area is 106 Å². The molecule has 0 atom stereocenters. The van der Waals surface area contributed by atoms with Crippen LogP contribution in [-0.4, -0.2) is 23.3 Å². The Morgan fingerprint density at radius 2 is 1.87 bits per heavy atom. The normalized spacial score (nSPS) is 13.3. The number of rotatable bonds is 0. The van der Waals surface area contributed by atoms with Gasteiger partial charge in [-0.2, -0.15) is 0 Å². The third-order valence-corrected chi connectivity index (χ3v) is 1.56. The van der Waals surface area contributed by atoms with Crippen molar-refractivity contribution in [1.82, 2.24) is 4.35 Å². The third kappa shape index (κ3) is 10.1. The van der Waals surface area contributed by atoms with Gasteiger partial charge in [-0.3, -0.25) is 9.59 Å². The van der Waals surface area contributed by atoms with E-state index in [0.29, 0.717) is 4.48 Å². The van der Waals surface area contributed by atoms with Gasteiger partial charge in [-0.25, -0.2) is 0 Å². The fraction of sp³-hybridized carbons (Fsp3) is 0.250. The van der Waals surface area contributed by atoms with Gasteiger partial charge in [-0.1, -0.05) is 6.08 Å². The molecule has 0 fully saturated rings. The van der Waals surface area contributed by atoms with Gasteiger partial charge in [-0.15, -0.1) is 4.35 Å². The highest BCUT2D eigenvalue weighted by molar-refractivity contribution is 9.12. The van der Waals surface area contributed by atoms with E-state index in [1.54, 1.807) is 17.4 Å². The molecule has 0 aliphatic heterocycles. The maximum absolute atomic E-state index is 10.6. The van der Waals surface area contributed by atoms with Gasteiger partial charge in [0.05, 0.1) is 4.48 Å². The lowest BCUT2D eigenvalue weighted by Crippen LogP contribution is -2.12. The second kappa shape index (κ2) is 11.9. The first kappa shape index (κ1) is 17.2. The maximum atomic E-state index is 10.6. The summed E-state index contributed by atoms with van der Waals surface area (Å²) in [6.45, 7) is 1.93. The number of aliphatic hydroxyl groups excluding tert-OH is 1. The van der Waals surface area contributed by atoms with Crippen LogP contribution in [0.5, 0.6) is 0 Å². The van der Waals surface area contributed by atoms with Gasteiger partial charge in [0.1, 0.15) is 0 Å². The number of nitrogens with one attached hydrogen (secondary N) is 1. The van der Waals surface area contributed by atoms with Gasteiger partial charge in [0.2, 0.25) is 11.6 Å². The molecular weight excluding hydrogens is 309 g/mol. The van der Waals surface area contributed by atoms with Crippen LogP contribution < -0.4 is 4.35 Å². The molecule has 0 amide bonds. The molecule has 0 aromatic heterocycles. The van der Waals surface area contributed by atoms with Crippen molar-refractivity contribution in [3.8, 4) is 0 Å². The molecule has 0 saturated carbocycles. The van der Waals surface area contributed by atoms with Crippen molar-refractivity contribution in [3.63, 3.8) is 0 Å². The highest BCUT2D eigenvalue weighted by Crippen LogP contribution is 2.10. The fourth-order valence-corrected chi connectivity index (χ4v) is 0.837. The molecule has 0 spiro atoms. The molecule has 0 radical (unpaired) electrons. The summed E-state index contributed by atoms with van der Waals surface area (Å²) in [6.07, 6.45) is 4.32. The first-order valence-corrected chi connectivity index (χ1v) is 5.29. The Balaban J connectivity index is 0. The van der Waals surface area contributed by atoms with Gasteiger partial charge in [0.15, 0.2) is 0 Å². The number of halogens is 3. The van der Waals surface area contributed by atoms with Crippen LogP contribution in [0.1, 0.15) is 6.92 Å². The van der Waals surface area contributed by atoms with Crippen molar-refractivity contribution in [3.05, 3.63) is 22.7 Å². The van der Waals surface area contributed by atoms with Gasteiger partial charge < -0.3 is 5.11 Å². The number of carbonyl (C=O) groups is 2. The third-order valence-electron chi connectivity index (χ3n) is 0.931. The number of carbonyl (C=O) groups excluding carboxylic acids is 2. The standard InChI is InChI=1S/C6H3BrO2.C2H6O.Cl2HN/c7-4-2-1-3-5(8)6(4)9;1-2-3;1-3-2/h1-3H;3H,2H2,1H3;3H.